The standard InChI is InChI=1S/C13H14ClFN2O2/c14-6-3-8(12(16)9(15)4-6)13(18)17-10-5-7-1-2-11(10)19-7/h3-4,7,10-11H,1-2,5,16H2,(H,17,18)/t7-,10-,11-/m1/s1. The molecule has 0 spiro atoms. The highest BCUT2D eigenvalue weighted by atomic mass is 35.5. The molecule has 102 valence electrons. The molecule has 3 N–H and O–H groups in total. The number of carbonyl (C=O) groups is 1. The summed E-state index contributed by atoms with van der Waals surface area (Å²) in [5.41, 5.74) is 5.48. The molecule has 2 heterocycles. The number of hydrogen-bond acceptors (Lipinski definition) is 3. The lowest BCUT2D eigenvalue weighted by molar-refractivity contribution is 0.0841. The number of nitrogens with two attached hydrogens (primary N) is 1. The average Bonchev–Trinajstić information content (AvgIpc) is 2.95. The van der Waals surface area contributed by atoms with Crippen LogP contribution in [0, 0.1) is 5.82 Å². The molecule has 0 aromatic heterocycles. The van der Waals surface area contributed by atoms with Crippen molar-refractivity contribution >= 4 is 23.2 Å². The maximum absolute atomic E-state index is 13.4. The van der Waals surface area contributed by atoms with E-state index in [-0.39, 0.29) is 34.5 Å². The fourth-order valence-electron chi connectivity index (χ4n) is 2.81. The Balaban J connectivity index is 1.77. The number of amides is 1. The average molecular weight is 285 g/mol. The molecule has 19 heavy (non-hydrogen) atoms. The van der Waals surface area contributed by atoms with Crippen LogP contribution in [0.5, 0.6) is 0 Å². The molecule has 1 aromatic carbocycles. The highest BCUT2D eigenvalue weighted by Gasteiger charge is 2.41. The van der Waals surface area contributed by atoms with Crippen LogP contribution in [0.3, 0.4) is 0 Å². The molecule has 6 heteroatoms. The van der Waals surface area contributed by atoms with Crippen molar-refractivity contribution in [3.05, 3.63) is 28.5 Å². The van der Waals surface area contributed by atoms with E-state index in [1.165, 1.54) is 6.07 Å². The fourth-order valence-corrected chi connectivity index (χ4v) is 3.01. The number of halogens is 2. The summed E-state index contributed by atoms with van der Waals surface area (Å²) in [7, 11) is 0. The van der Waals surface area contributed by atoms with E-state index in [1.54, 1.807) is 0 Å². The number of carbonyl (C=O) groups excluding carboxylic acids is 1. The molecule has 3 rings (SSSR count). The molecule has 2 saturated heterocycles. The van der Waals surface area contributed by atoms with Gasteiger partial charge in [-0.25, -0.2) is 4.39 Å². The molecule has 0 saturated carbocycles. The zero-order chi connectivity index (χ0) is 13.6. The third-order valence-corrected chi connectivity index (χ3v) is 3.98. The fraction of sp³-hybridized carbons (Fsp3) is 0.462. The highest BCUT2D eigenvalue weighted by molar-refractivity contribution is 6.31. The van der Waals surface area contributed by atoms with Gasteiger partial charge in [-0.15, -0.1) is 0 Å². The normalized spacial score (nSPS) is 28.6. The lowest BCUT2D eigenvalue weighted by Crippen LogP contribution is -2.41. The monoisotopic (exact) mass is 284 g/mol. The minimum atomic E-state index is -0.679. The van der Waals surface area contributed by atoms with Gasteiger partial charge in [0.25, 0.3) is 5.91 Å². The van der Waals surface area contributed by atoms with Crippen molar-refractivity contribution in [3.8, 4) is 0 Å². The first kappa shape index (κ1) is 12.7. The van der Waals surface area contributed by atoms with Crippen molar-refractivity contribution in [2.45, 2.75) is 37.5 Å². The van der Waals surface area contributed by atoms with Crippen molar-refractivity contribution < 1.29 is 13.9 Å². The Morgan fingerprint density at radius 3 is 2.89 bits per heavy atom. The van der Waals surface area contributed by atoms with Gasteiger partial charge in [-0.3, -0.25) is 4.79 Å². The van der Waals surface area contributed by atoms with E-state index in [0.29, 0.717) is 0 Å². The van der Waals surface area contributed by atoms with Gasteiger partial charge >= 0.3 is 0 Å². The van der Waals surface area contributed by atoms with Crippen LogP contribution in [0.1, 0.15) is 29.6 Å². The Bertz CT molecular complexity index is 538. The lowest BCUT2D eigenvalue weighted by atomic mass is 9.95. The van der Waals surface area contributed by atoms with Gasteiger partial charge in [0.15, 0.2) is 0 Å². The Kier molecular flexibility index (Phi) is 3.11. The van der Waals surface area contributed by atoms with Crippen LogP contribution in [0.4, 0.5) is 10.1 Å². The molecule has 0 radical (unpaired) electrons. The van der Waals surface area contributed by atoms with Crippen LogP contribution in [0.15, 0.2) is 12.1 Å². The Hall–Kier alpha value is -1.33. The van der Waals surface area contributed by atoms with Gasteiger partial charge < -0.3 is 15.8 Å². The number of ether oxygens (including phenoxy) is 1. The maximum Gasteiger partial charge on any atom is 0.253 e. The minimum absolute atomic E-state index is 0.0207. The van der Waals surface area contributed by atoms with Gasteiger partial charge in [0, 0.05) is 5.02 Å². The smallest absolute Gasteiger partial charge is 0.253 e. The van der Waals surface area contributed by atoms with Crippen LogP contribution in [0.2, 0.25) is 5.02 Å². The van der Waals surface area contributed by atoms with E-state index in [2.05, 4.69) is 5.32 Å². The molecule has 2 bridgehead atoms. The SMILES string of the molecule is Nc1c(F)cc(Cl)cc1C(=O)N[C@@H]1C[C@H]2CC[C@H]1O2. The second kappa shape index (κ2) is 4.65. The van der Waals surface area contributed by atoms with E-state index in [4.69, 9.17) is 22.1 Å². The zero-order valence-corrected chi connectivity index (χ0v) is 10.9. The van der Waals surface area contributed by atoms with Gasteiger partial charge in [-0.05, 0) is 31.4 Å². The van der Waals surface area contributed by atoms with Crippen molar-refractivity contribution in [2.24, 2.45) is 0 Å². The summed E-state index contributed by atoms with van der Waals surface area (Å²) in [6.45, 7) is 0. The number of anilines is 1. The van der Waals surface area contributed by atoms with Gasteiger partial charge in [0.2, 0.25) is 0 Å². The predicted molar refractivity (Wildman–Crippen MR) is 69.6 cm³/mol. The molecule has 0 aliphatic carbocycles. The molecular formula is C13H14ClFN2O2. The number of hydrogen-bond donors (Lipinski definition) is 2. The second-order valence-corrected chi connectivity index (χ2v) is 5.47. The predicted octanol–water partition coefficient (Wildman–Crippen LogP) is 2.11. The van der Waals surface area contributed by atoms with Crippen molar-refractivity contribution in [1.82, 2.24) is 5.32 Å². The largest absolute Gasteiger partial charge is 0.396 e. The molecule has 4 nitrogen and oxygen atoms in total. The molecule has 0 unspecified atom stereocenters. The Morgan fingerprint density at radius 2 is 2.26 bits per heavy atom. The Morgan fingerprint density at radius 1 is 1.47 bits per heavy atom. The van der Waals surface area contributed by atoms with Crippen molar-refractivity contribution in [2.75, 3.05) is 5.73 Å². The number of nitrogens with one attached hydrogen (secondary N) is 1. The van der Waals surface area contributed by atoms with E-state index < -0.39 is 11.7 Å². The van der Waals surface area contributed by atoms with Crippen LogP contribution >= 0.6 is 11.6 Å². The summed E-state index contributed by atoms with van der Waals surface area (Å²) in [5.74, 6) is -1.08. The van der Waals surface area contributed by atoms with E-state index >= 15 is 0 Å². The number of nitrogen functional groups attached to an aromatic ring is 1. The van der Waals surface area contributed by atoms with E-state index in [9.17, 15) is 9.18 Å². The summed E-state index contributed by atoms with van der Waals surface area (Å²) >= 11 is 5.75. The van der Waals surface area contributed by atoms with Crippen LogP contribution in [-0.4, -0.2) is 24.2 Å². The lowest BCUT2D eigenvalue weighted by Gasteiger charge is -2.20. The quantitative estimate of drug-likeness (QED) is 0.818. The molecule has 2 aliphatic heterocycles. The molecule has 1 amide bonds. The first-order chi connectivity index (χ1) is 9.04. The van der Waals surface area contributed by atoms with E-state index in [0.717, 1.165) is 25.3 Å². The zero-order valence-electron chi connectivity index (χ0n) is 10.2. The van der Waals surface area contributed by atoms with Crippen molar-refractivity contribution in [1.29, 1.82) is 0 Å². The third-order valence-electron chi connectivity index (χ3n) is 3.76. The highest BCUT2D eigenvalue weighted by Crippen LogP contribution is 2.34. The number of rotatable bonds is 2. The number of benzene rings is 1. The van der Waals surface area contributed by atoms with Gasteiger partial charge in [-0.1, -0.05) is 11.6 Å². The molecule has 2 fully saturated rings. The topological polar surface area (TPSA) is 64.4 Å². The summed E-state index contributed by atoms with van der Waals surface area (Å²) < 4.78 is 19.1. The Labute approximate surface area is 115 Å². The molecule has 3 atom stereocenters. The summed E-state index contributed by atoms with van der Waals surface area (Å²) in [5, 5.41) is 3.01. The van der Waals surface area contributed by atoms with Crippen LogP contribution < -0.4 is 11.1 Å². The third kappa shape index (κ3) is 2.28. The first-order valence-electron chi connectivity index (χ1n) is 6.25. The van der Waals surface area contributed by atoms with Crippen molar-refractivity contribution in [3.63, 3.8) is 0 Å². The van der Waals surface area contributed by atoms with Crippen LogP contribution in [-0.2, 0) is 4.74 Å². The summed E-state index contributed by atoms with van der Waals surface area (Å²) in [6.07, 6.45) is 3.11. The van der Waals surface area contributed by atoms with Gasteiger partial charge in [-0.2, -0.15) is 0 Å². The van der Waals surface area contributed by atoms with E-state index in [1.807, 2.05) is 0 Å². The van der Waals surface area contributed by atoms with Crippen LogP contribution in [0.25, 0.3) is 0 Å². The molecule has 2 aliphatic rings. The maximum atomic E-state index is 13.4. The molecule has 1 aromatic rings. The summed E-state index contributed by atoms with van der Waals surface area (Å²) in [6, 6.07) is 2.45. The van der Waals surface area contributed by atoms with Gasteiger partial charge in [0.1, 0.15) is 5.82 Å². The summed E-state index contributed by atoms with van der Waals surface area (Å²) in [4.78, 5) is 12.1. The second-order valence-electron chi connectivity index (χ2n) is 5.04. The number of fused-ring (bicyclic) bond motifs is 2. The molecular weight excluding hydrogens is 271 g/mol. The van der Waals surface area contributed by atoms with Gasteiger partial charge in [0.05, 0.1) is 29.5 Å². The minimum Gasteiger partial charge on any atom is -0.396 e. The first-order valence-corrected chi connectivity index (χ1v) is 6.63.